The van der Waals surface area contributed by atoms with Crippen molar-refractivity contribution >= 4 is 17.4 Å². The van der Waals surface area contributed by atoms with Gasteiger partial charge in [-0.05, 0) is 36.8 Å². The van der Waals surface area contributed by atoms with Crippen LogP contribution in [-0.2, 0) is 9.59 Å². The molecule has 0 unspecified atom stereocenters. The van der Waals surface area contributed by atoms with Crippen LogP contribution < -0.4 is 10.2 Å². The second-order valence-corrected chi connectivity index (χ2v) is 4.11. The third-order valence-electron chi connectivity index (χ3n) is 2.53. The first kappa shape index (κ1) is 12.3. The van der Waals surface area contributed by atoms with Crippen molar-refractivity contribution in [3.8, 4) is 5.75 Å². The van der Waals surface area contributed by atoms with E-state index < -0.39 is 0 Å². The highest BCUT2D eigenvalue weighted by Crippen LogP contribution is 2.15. The highest BCUT2D eigenvalue weighted by Gasteiger charge is 2.12. The Balaban J connectivity index is 2.03. The first-order chi connectivity index (χ1) is 8.65. The summed E-state index contributed by atoms with van der Waals surface area (Å²) in [6.07, 6.45) is 1.10. The molecule has 1 aliphatic rings. The lowest BCUT2D eigenvalue weighted by Gasteiger charge is -2.12. The van der Waals surface area contributed by atoms with Gasteiger partial charge < -0.3 is 4.74 Å². The molecular weight excluding hydrogens is 232 g/mol. The Morgan fingerprint density at radius 3 is 2.61 bits per heavy atom. The van der Waals surface area contributed by atoms with Crippen molar-refractivity contribution in [2.75, 3.05) is 6.61 Å². The summed E-state index contributed by atoms with van der Waals surface area (Å²) in [7, 11) is 0. The van der Waals surface area contributed by atoms with Crippen LogP contribution in [0, 0.1) is 0 Å². The molecule has 0 aromatic heterocycles. The van der Waals surface area contributed by atoms with Gasteiger partial charge in [0, 0.05) is 12.8 Å². The monoisotopic (exact) mass is 246 g/mol. The molecule has 1 aliphatic heterocycles. The fourth-order valence-corrected chi connectivity index (χ4v) is 1.61. The quantitative estimate of drug-likeness (QED) is 0.869. The fourth-order valence-electron chi connectivity index (χ4n) is 1.61. The van der Waals surface area contributed by atoms with E-state index in [1.807, 2.05) is 12.1 Å². The van der Waals surface area contributed by atoms with E-state index >= 15 is 0 Å². The van der Waals surface area contributed by atoms with Gasteiger partial charge in [0.15, 0.2) is 5.78 Å². The Bertz CT molecular complexity index is 491. The van der Waals surface area contributed by atoms with Gasteiger partial charge in [0.05, 0.1) is 5.71 Å². The van der Waals surface area contributed by atoms with Crippen LogP contribution in [-0.4, -0.2) is 24.0 Å². The van der Waals surface area contributed by atoms with Gasteiger partial charge in [-0.25, -0.2) is 5.43 Å². The molecule has 0 bridgehead atoms. The molecule has 94 valence electrons. The van der Waals surface area contributed by atoms with Gasteiger partial charge in [-0.1, -0.05) is 0 Å². The number of Topliss-reactive ketones (excluding diaryl/α,β-unsaturated/α-hetero) is 1. The molecule has 0 spiro atoms. The van der Waals surface area contributed by atoms with E-state index in [1.165, 1.54) is 6.92 Å². The van der Waals surface area contributed by atoms with Crippen LogP contribution in [0.3, 0.4) is 0 Å². The van der Waals surface area contributed by atoms with Crippen molar-refractivity contribution in [2.24, 2.45) is 5.10 Å². The Morgan fingerprint density at radius 2 is 2.06 bits per heavy atom. The molecular formula is C13H14N2O3. The molecule has 1 amide bonds. The number of benzene rings is 1. The zero-order chi connectivity index (χ0) is 13.0. The van der Waals surface area contributed by atoms with Crippen LogP contribution in [0.2, 0.25) is 0 Å². The number of carbonyl (C=O) groups is 2. The molecule has 2 rings (SSSR count). The Hall–Kier alpha value is -2.17. The van der Waals surface area contributed by atoms with E-state index in [1.54, 1.807) is 12.1 Å². The van der Waals surface area contributed by atoms with Crippen LogP contribution in [0.15, 0.2) is 29.4 Å². The molecule has 0 saturated carbocycles. The molecule has 1 N–H and O–H groups in total. The number of nitrogens with zero attached hydrogens (tertiary/aromatic N) is 1. The summed E-state index contributed by atoms with van der Waals surface area (Å²) >= 11 is 0. The summed E-state index contributed by atoms with van der Waals surface area (Å²) in [6, 6.07) is 7.31. The Labute approximate surface area is 105 Å². The zero-order valence-corrected chi connectivity index (χ0v) is 10.1. The number of ether oxygens (including phenoxy) is 1. The number of hydrogen-bond acceptors (Lipinski definition) is 4. The predicted molar refractivity (Wildman–Crippen MR) is 66.5 cm³/mol. The smallest absolute Gasteiger partial charge is 0.240 e. The summed E-state index contributed by atoms with van der Waals surface area (Å²) in [5.74, 6) is 0.577. The number of hydrogen-bond donors (Lipinski definition) is 1. The second kappa shape index (κ2) is 5.44. The van der Waals surface area contributed by atoms with Crippen molar-refractivity contribution in [2.45, 2.75) is 19.8 Å². The molecule has 0 radical (unpaired) electrons. The third-order valence-corrected chi connectivity index (χ3v) is 2.53. The van der Waals surface area contributed by atoms with Crippen molar-refractivity contribution in [3.05, 3.63) is 29.8 Å². The first-order valence-electron chi connectivity index (χ1n) is 5.73. The summed E-state index contributed by atoms with van der Waals surface area (Å²) in [4.78, 5) is 21.8. The van der Waals surface area contributed by atoms with Gasteiger partial charge in [0.1, 0.15) is 12.4 Å². The largest absolute Gasteiger partial charge is 0.486 e. The van der Waals surface area contributed by atoms with Crippen molar-refractivity contribution in [3.63, 3.8) is 0 Å². The topological polar surface area (TPSA) is 67.8 Å². The van der Waals surface area contributed by atoms with Crippen LogP contribution in [0.5, 0.6) is 5.75 Å². The number of hydrazone groups is 1. The predicted octanol–water partition coefficient (Wildman–Crippen LogP) is 1.27. The average molecular weight is 246 g/mol. The zero-order valence-electron chi connectivity index (χ0n) is 10.1. The maximum atomic E-state index is 11.0. The standard InChI is InChI=1S/C13H14N2O3/c1-9(16)8-18-11-4-2-10(3-5-11)12-6-7-13(17)15-14-12/h2-5H,6-8H2,1H3,(H,15,17). The van der Waals surface area contributed by atoms with Crippen LogP contribution >= 0.6 is 0 Å². The van der Waals surface area contributed by atoms with Gasteiger partial charge in [-0.3, -0.25) is 9.59 Å². The molecule has 0 saturated heterocycles. The molecule has 1 heterocycles. The normalized spacial score (nSPS) is 14.7. The van der Waals surface area contributed by atoms with Gasteiger partial charge in [-0.15, -0.1) is 0 Å². The molecule has 1 aromatic rings. The molecule has 1 aromatic carbocycles. The average Bonchev–Trinajstić information content (AvgIpc) is 2.38. The van der Waals surface area contributed by atoms with Crippen molar-refractivity contribution in [1.82, 2.24) is 5.43 Å². The lowest BCUT2D eigenvalue weighted by atomic mass is 10.0. The lowest BCUT2D eigenvalue weighted by molar-refractivity contribution is -0.121. The minimum Gasteiger partial charge on any atom is -0.486 e. The Kier molecular flexibility index (Phi) is 3.72. The molecule has 0 atom stereocenters. The van der Waals surface area contributed by atoms with Gasteiger partial charge in [0.25, 0.3) is 0 Å². The lowest BCUT2D eigenvalue weighted by Crippen LogP contribution is -2.25. The number of nitrogens with one attached hydrogen (secondary N) is 1. The maximum Gasteiger partial charge on any atom is 0.240 e. The number of amides is 1. The van der Waals surface area contributed by atoms with Gasteiger partial charge in [0.2, 0.25) is 5.91 Å². The molecule has 18 heavy (non-hydrogen) atoms. The molecule has 5 heteroatoms. The molecule has 5 nitrogen and oxygen atoms in total. The van der Waals surface area contributed by atoms with Crippen LogP contribution in [0.25, 0.3) is 0 Å². The molecule has 0 aliphatic carbocycles. The van der Waals surface area contributed by atoms with E-state index in [4.69, 9.17) is 4.74 Å². The minimum absolute atomic E-state index is 0.0153. The van der Waals surface area contributed by atoms with Crippen LogP contribution in [0.4, 0.5) is 0 Å². The van der Waals surface area contributed by atoms with Crippen molar-refractivity contribution < 1.29 is 14.3 Å². The first-order valence-corrected chi connectivity index (χ1v) is 5.73. The maximum absolute atomic E-state index is 11.0. The summed E-state index contributed by atoms with van der Waals surface area (Å²) in [5, 5.41) is 4.01. The van der Waals surface area contributed by atoms with Gasteiger partial charge in [-0.2, -0.15) is 5.10 Å². The van der Waals surface area contributed by atoms with E-state index in [9.17, 15) is 9.59 Å². The third kappa shape index (κ3) is 3.16. The van der Waals surface area contributed by atoms with Gasteiger partial charge >= 0.3 is 0 Å². The van der Waals surface area contributed by atoms with Crippen molar-refractivity contribution in [1.29, 1.82) is 0 Å². The number of rotatable bonds is 4. The van der Waals surface area contributed by atoms with E-state index in [-0.39, 0.29) is 18.3 Å². The second-order valence-electron chi connectivity index (χ2n) is 4.11. The summed E-state index contributed by atoms with van der Waals surface area (Å²) in [5.41, 5.74) is 4.26. The SMILES string of the molecule is CC(=O)COc1ccc(C2=NNC(=O)CC2)cc1. The van der Waals surface area contributed by atoms with Crippen LogP contribution in [0.1, 0.15) is 25.3 Å². The number of carbonyl (C=O) groups excluding carboxylic acids is 2. The Morgan fingerprint density at radius 1 is 1.33 bits per heavy atom. The highest BCUT2D eigenvalue weighted by atomic mass is 16.5. The number of ketones is 1. The highest BCUT2D eigenvalue weighted by molar-refractivity contribution is 6.04. The van der Waals surface area contributed by atoms with E-state index in [0.717, 1.165) is 11.3 Å². The fraction of sp³-hybridized carbons (Fsp3) is 0.308. The summed E-state index contributed by atoms with van der Waals surface area (Å²) < 4.78 is 5.27. The van der Waals surface area contributed by atoms with E-state index in [2.05, 4.69) is 10.5 Å². The van der Waals surface area contributed by atoms with E-state index in [0.29, 0.717) is 18.6 Å². The molecule has 0 fully saturated rings. The minimum atomic E-state index is -0.0554. The summed E-state index contributed by atoms with van der Waals surface area (Å²) in [6.45, 7) is 1.56.